The topological polar surface area (TPSA) is 53.1 Å². The van der Waals surface area contributed by atoms with Crippen LogP contribution in [0.2, 0.25) is 0 Å². The van der Waals surface area contributed by atoms with Crippen LogP contribution < -0.4 is 0 Å². The van der Waals surface area contributed by atoms with Crippen molar-refractivity contribution in [3.8, 4) is 0 Å². The third kappa shape index (κ3) is 4.96. The number of methoxy groups -OCH3 is 1. The predicted octanol–water partition coefficient (Wildman–Crippen LogP) is -0.0812. The van der Waals surface area contributed by atoms with Crippen LogP contribution in [-0.4, -0.2) is 94.4 Å². The number of rotatable bonds is 7. The Morgan fingerprint density at radius 2 is 1.75 bits per heavy atom. The van der Waals surface area contributed by atoms with Gasteiger partial charge in [-0.3, -0.25) is 4.90 Å². The minimum atomic E-state index is -3.19. The summed E-state index contributed by atoms with van der Waals surface area (Å²) in [7, 11) is 2.45. The van der Waals surface area contributed by atoms with Gasteiger partial charge in [0.05, 0.1) is 12.4 Å². The standard InChI is InChI=1S/C13H29N3O3S/c1-12-10-15(20(17,18)9-8-19-5)11-13(2)16(12)7-6-14(3)4/h12-13H,6-11H2,1-5H3. The summed E-state index contributed by atoms with van der Waals surface area (Å²) in [5.41, 5.74) is 0. The minimum absolute atomic E-state index is 0.0701. The highest BCUT2D eigenvalue weighted by molar-refractivity contribution is 7.89. The molecule has 1 fully saturated rings. The molecule has 0 aliphatic carbocycles. The quantitative estimate of drug-likeness (QED) is 0.658. The van der Waals surface area contributed by atoms with Crippen LogP contribution in [0, 0.1) is 0 Å². The number of hydrogen-bond acceptors (Lipinski definition) is 5. The number of likely N-dealkylation sites (N-methyl/N-ethyl adjacent to an activating group) is 1. The fourth-order valence-electron chi connectivity index (χ4n) is 2.61. The molecule has 0 saturated carbocycles. The van der Waals surface area contributed by atoms with Crippen LogP contribution in [0.5, 0.6) is 0 Å². The van der Waals surface area contributed by atoms with Crippen LogP contribution >= 0.6 is 0 Å². The Bertz CT molecular complexity index is 374. The monoisotopic (exact) mass is 307 g/mol. The molecule has 2 unspecified atom stereocenters. The van der Waals surface area contributed by atoms with Gasteiger partial charge in [0, 0.05) is 45.4 Å². The van der Waals surface area contributed by atoms with Gasteiger partial charge in [-0.05, 0) is 27.9 Å². The molecule has 1 saturated heterocycles. The van der Waals surface area contributed by atoms with Gasteiger partial charge in [-0.15, -0.1) is 0 Å². The second-order valence-electron chi connectivity index (χ2n) is 5.86. The van der Waals surface area contributed by atoms with Crippen LogP contribution in [-0.2, 0) is 14.8 Å². The summed E-state index contributed by atoms with van der Waals surface area (Å²) in [5, 5.41) is 0. The summed E-state index contributed by atoms with van der Waals surface area (Å²) >= 11 is 0. The lowest BCUT2D eigenvalue weighted by atomic mass is 10.1. The number of ether oxygens (including phenoxy) is 1. The lowest BCUT2D eigenvalue weighted by molar-refractivity contribution is 0.0705. The van der Waals surface area contributed by atoms with Gasteiger partial charge in [-0.25, -0.2) is 8.42 Å². The van der Waals surface area contributed by atoms with Gasteiger partial charge in [-0.1, -0.05) is 0 Å². The number of sulfonamides is 1. The van der Waals surface area contributed by atoms with E-state index in [0.717, 1.165) is 13.1 Å². The molecule has 0 aromatic rings. The normalized spacial score (nSPS) is 26.3. The minimum Gasteiger partial charge on any atom is -0.384 e. The molecule has 1 heterocycles. The lowest BCUT2D eigenvalue weighted by Gasteiger charge is -2.44. The van der Waals surface area contributed by atoms with Crippen molar-refractivity contribution < 1.29 is 13.2 Å². The average molecular weight is 307 g/mol. The zero-order valence-corrected chi connectivity index (χ0v) is 14.2. The van der Waals surface area contributed by atoms with E-state index >= 15 is 0 Å². The van der Waals surface area contributed by atoms with Gasteiger partial charge in [0.25, 0.3) is 0 Å². The molecule has 0 amide bonds. The molecular formula is C13H29N3O3S. The van der Waals surface area contributed by atoms with Crippen LogP contribution in [0.4, 0.5) is 0 Å². The number of nitrogens with zero attached hydrogens (tertiary/aromatic N) is 3. The van der Waals surface area contributed by atoms with Crippen molar-refractivity contribution in [3.05, 3.63) is 0 Å². The van der Waals surface area contributed by atoms with E-state index < -0.39 is 10.0 Å². The molecule has 0 spiro atoms. The first-order valence-corrected chi connectivity index (χ1v) is 8.76. The Balaban J connectivity index is 2.63. The molecule has 0 bridgehead atoms. The van der Waals surface area contributed by atoms with Gasteiger partial charge in [0.15, 0.2) is 0 Å². The first-order chi connectivity index (χ1) is 9.27. The molecule has 20 heavy (non-hydrogen) atoms. The van der Waals surface area contributed by atoms with Crippen molar-refractivity contribution in [2.24, 2.45) is 0 Å². The van der Waals surface area contributed by atoms with E-state index in [2.05, 4.69) is 37.7 Å². The lowest BCUT2D eigenvalue weighted by Crippen LogP contribution is -2.59. The van der Waals surface area contributed by atoms with Crippen LogP contribution in [0.25, 0.3) is 0 Å². The molecule has 7 heteroatoms. The summed E-state index contributed by atoms with van der Waals surface area (Å²) < 4.78 is 31.0. The molecule has 1 aliphatic heterocycles. The Kier molecular flexibility index (Phi) is 6.87. The molecule has 0 aromatic heterocycles. The van der Waals surface area contributed by atoms with Crippen molar-refractivity contribution in [2.75, 3.05) is 59.7 Å². The molecule has 1 rings (SSSR count). The average Bonchev–Trinajstić information content (AvgIpc) is 2.34. The zero-order chi connectivity index (χ0) is 15.3. The maximum absolute atomic E-state index is 12.2. The van der Waals surface area contributed by atoms with E-state index in [1.807, 2.05) is 0 Å². The highest BCUT2D eigenvalue weighted by Crippen LogP contribution is 2.18. The van der Waals surface area contributed by atoms with Gasteiger partial charge in [0.2, 0.25) is 10.0 Å². The Morgan fingerprint density at radius 3 is 2.20 bits per heavy atom. The molecule has 120 valence electrons. The van der Waals surface area contributed by atoms with Crippen LogP contribution in [0.15, 0.2) is 0 Å². The molecule has 6 nitrogen and oxygen atoms in total. The molecule has 0 N–H and O–H groups in total. The fraction of sp³-hybridized carbons (Fsp3) is 1.00. The third-order valence-electron chi connectivity index (χ3n) is 3.81. The van der Waals surface area contributed by atoms with Gasteiger partial charge < -0.3 is 9.64 Å². The Labute approximate surface area is 123 Å². The number of hydrogen-bond donors (Lipinski definition) is 0. The predicted molar refractivity (Wildman–Crippen MR) is 81.4 cm³/mol. The van der Waals surface area contributed by atoms with Gasteiger partial charge >= 0.3 is 0 Å². The van der Waals surface area contributed by atoms with E-state index in [1.54, 1.807) is 4.31 Å². The summed E-state index contributed by atoms with van der Waals surface area (Å²) in [6, 6.07) is 0.493. The van der Waals surface area contributed by atoms with Gasteiger partial charge in [0.1, 0.15) is 0 Å². The first-order valence-electron chi connectivity index (χ1n) is 7.15. The SMILES string of the molecule is COCCS(=O)(=O)N1CC(C)N(CCN(C)C)C(C)C1. The fourth-order valence-corrected chi connectivity index (χ4v) is 4.13. The van der Waals surface area contributed by atoms with E-state index in [4.69, 9.17) is 4.74 Å². The van der Waals surface area contributed by atoms with Crippen LogP contribution in [0.3, 0.4) is 0 Å². The smallest absolute Gasteiger partial charge is 0.216 e. The largest absolute Gasteiger partial charge is 0.384 e. The summed E-state index contributed by atoms with van der Waals surface area (Å²) in [6.45, 7) is 7.57. The maximum atomic E-state index is 12.2. The van der Waals surface area contributed by atoms with E-state index in [0.29, 0.717) is 13.1 Å². The highest BCUT2D eigenvalue weighted by atomic mass is 32.2. The van der Waals surface area contributed by atoms with Crippen molar-refractivity contribution in [3.63, 3.8) is 0 Å². The zero-order valence-electron chi connectivity index (χ0n) is 13.4. The molecule has 0 aromatic carbocycles. The summed E-state index contributed by atoms with van der Waals surface area (Å²) in [6.07, 6.45) is 0. The maximum Gasteiger partial charge on any atom is 0.216 e. The van der Waals surface area contributed by atoms with Crippen molar-refractivity contribution in [1.82, 2.24) is 14.1 Å². The van der Waals surface area contributed by atoms with Gasteiger partial charge in [-0.2, -0.15) is 4.31 Å². The van der Waals surface area contributed by atoms with Crippen molar-refractivity contribution in [1.29, 1.82) is 0 Å². The van der Waals surface area contributed by atoms with E-state index in [-0.39, 0.29) is 24.4 Å². The summed E-state index contributed by atoms with van der Waals surface area (Å²) in [4.78, 5) is 4.55. The molecule has 1 aliphatic rings. The number of piperazine rings is 1. The molecule has 0 radical (unpaired) electrons. The van der Waals surface area contributed by atoms with Crippen molar-refractivity contribution >= 4 is 10.0 Å². The summed E-state index contributed by atoms with van der Waals surface area (Å²) in [5.74, 6) is 0.0701. The Morgan fingerprint density at radius 1 is 1.20 bits per heavy atom. The van der Waals surface area contributed by atoms with E-state index in [9.17, 15) is 8.42 Å². The third-order valence-corrected chi connectivity index (χ3v) is 5.58. The Hall–Kier alpha value is -0.210. The molecule has 2 atom stereocenters. The van der Waals surface area contributed by atoms with E-state index in [1.165, 1.54) is 7.11 Å². The second-order valence-corrected chi connectivity index (χ2v) is 7.95. The van der Waals surface area contributed by atoms with Crippen LogP contribution in [0.1, 0.15) is 13.8 Å². The first kappa shape index (κ1) is 17.8. The highest BCUT2D eigenvalue weighted by Gasteiger charge is 2.34. The van der Waals surface area contributed by atoms with Crippen molar-refractivity contribution in [2.45, 2.75) is 25.9 Å². The molecular weight excluding hydrogens is 278 g/mol. The second kappa shape index (κ2) is 7.70.